The molecule has 2 aromatic carbocycles. The van der Waals surface area contributed by atoms with Crippen molar-refractivity contribution < 1.29 is 24.5 Å². The van der Waals surface area contributed by atoms with E-state index in [1.165, 1.54) is 24.1 Å². The molecule has 3 aromatic rings. The normalized spacial score (nSPS) is 17.7. The molecule has 0 saturated carbocycles. The Balaban J connectivity index is 1.84. The van der Waals surface area contributed by atoms with Crippen molar-refractivity contribution in [2.24, 2.45) is 0 Å². The van der Waals surface area contributed by atoms with E-state index in [0.717, 1.165) is 5.56 Å². The molecule has 0 spiro atoms. The molecule has 0 radical (unpaired) electrons. The van der Waals surface area contributed by atoms with Gasteiger partial charge >= 0.3 is 0 Å². The quantitative estimate of drug-likeness (QED) is 0.376. The lowest BCUT2D eigenvalue weighted by Crippen LogP contribution is -2.29. The number of ether oxygens (including phenoxy) is 1. The highest BCUT2D eigenvalue weighted by molar-refractivity contribution is 6.46. The average molecular weight is 416 g/mol. The van der Waals surface area contributed by atoms with Crippen LogP contribution < -0.4 is 4.74 Å². The summed E-state index contributed by atoms with van der Waals surface area (Å²) < 4.78 is 5.14. The van der Waals surface area contributed by atoms with Crippen molar-refractivity contribution in [2.75, 3.05) is 7.11 Å². The predicted molar refractivity (Wildman–Crippen MR) is 113 cm³/mol. The van der Waals surface area contributed by atoms with Crippen molar-refractivity contribution in [3.8, 4) is 11.5 Å². The summed E-state index contributed by atoms with van der Waals surface area (Å²) in [6.45, 7) is 0.165. The van der Waals surface area contributed by atoms with E-state index in [4.69, 9.17) is 4.74 Å². The van der Waals surface area contributed by atoms with Gasteiger partial charge in [0.1, 0.15) is 17.3 Å². The molecule has 2 heterocycles. The summed E-state index contributed by atoms with van der Waals surface area (Å²) in [4.78, 5) is 31.3. The van der Waals surface area contributed by atoms with E-state index in [2.05, 4.69) is 4.98 Å². The number of hydrogen-bond acceptors (Lipinski definition) is 6. The maximum absolute atomic E-state index is 13.0. The first-order chi connectivity index (χ1) is 15.0. The molecule has 1 aromatic heterocycles. The SMILES string of the molecule is COc1ccc(/C(O)=C2\C(=O)C(=O)N(Cc3ccncc3)C2c2ccc(O)cc2)cc1. The summed E-state index contributed by atoms with van der Waals surface area (Å²) in [5.41, 5.74) is 1.78. The van der Waals surface area contributed by atoms with Crippen LogP contribution in [0.25, 0.3) is 5.76 Å². The molecule has 2 N–H and O–H groups in total. The maximum Gasteiger partial charge on any atom is 0.295 e. The molecule has 1 fully saturated rings. The highest BCUT2D eigenvalue weighted by atomic mass is 16.5. The van der Waals surface area contributed by atoms with Crippen LogP contribution in [-0.2, 0) is 16.1 Å². The van der Waals surface area contributed by atoms with E-state index in [-0.39, 0.29) is 23.6 Å². The molecule has 1 unspecified atom stereocenters. The Bertz CT molecular complexity index is 1140. The summed E-state index contributed by atoms with van der Waals surface area (Å²) in [5, 5.41) is 20.7. The topological polar surface area (TPSA) is 100.0 Å². The minimum atomic E-state index is -0.809. The Labute approximate surface area is 178 Å². The zero-order valence-corrected chi connectivity index (χ0v) is 16.7. The van der Waals surface area contributed by atoms with Crippen molar-refractivity contribution >= 4 is 17.4 Å². The maximum atomic E-state index is 13.0. The van der Waals surface area contributed by atoms with E-state index in [1.54, 1.807) is 60.9 Å². The van der Waals surface area contributed by atoms with Gasteiger partial charge in [0, 0.05) is 24.5 Å². The highest BCUT2D eigenvalue weighted by Crippen LogP contribution is 2.40. The summed E-state index contributed by atoms with van der Waals surface area (Å²) in [6.07, 6.45) is 3.22. The molecule has 1 aliphatic heterocycles. The molecular formula is C24H20N2O5. The van der Waals surface area contributed by atoms with Crippen LogP contribution in [0, 0.1) is 0 Å². The third kappa shape index (κ3) is 3.85. The average Bonchev–Trinajstić information content (AvgIpc) is 3.05. The van der Waals surface area contributed by atoms with E-state index < -0.39 is 17.7 Å². The number of phenolic OH excluding ortho intramolecular Hbond substituents is 1. The minimum Gasteiger partial charge on any atom is -0.508 e. The number of aromatic nitrogens is 1. The number of benzene rings is 2. The Morgan fingerprint density at radius 2 is 1.65 bits per heavy atom. The first kappa shape index (κ1) is 20.2. The van der Waals surface area contributed by atoms with Crippen molar-refractivity contribution in [1.29, 1.82) is 0 Å². The molecule has 31 heavy (non-hydrogen) atoms. The molecule has 0 bridgehead atoms. The highest BCUT2D eigenvalue weighted by Gasteiger charge is 2.46. The fraction of sp³-hybridized carbons (Fsp3) is 0.125. The Kier molecular flexibility index (Phi) is 5.41. The van der Waals surface area contributed by atoms with Crippen LogP contribution in [0.5, 0.6) is 11.5 Å². The molecule has 1 saturated heterocycles. The van der Waals surface area contributed by atoms with Gasteiger partial charge in [-0.1, -0.05) is 12.1 Å². The molecule has 7 nitrogen and oxygen atoms in total. The van der Waals surface area contributed by atoms with Crippen LogP contribution in [0.15, 0.2) is 78.6 Å². The summed E-state index contributed by atoms with van der Waals surface area (Å²) in [5.74, 6) is -1.07. The largest absolute Gasteiger partial charge is 0.508 e. The number of hydrogen-bond donors (Lipinski definition) is 2. The van der Waals surface area contributed by atoms with Crippen LogP contribution in [0.2, 0.25) is 0 Å². The number of aromatic hydroxyl groups is 1. The fourth-order valence-corrected chi connectivity index (χ4v) is 3.64. The van der Waals surface area contributed by atoms with Gasteiger partial charge in [0.15, 0.2) is 0 Å². The summed E-state index contributed by atoms with van der Waals surface area (Å²) >= 11 is 0. The summed E-state index contributed by atoms with van der Waals surface area (Å²) in [6, 6.07) is 15.5. The molecule has 1 aliphatic rings. The van der Waals surface area contributed by atoms with Crippen molar-refractivity contribution in [3.63, 3.8) is 0 Å². The van der Waals surface area contributed by atoms with Crippen molar-refractivity contribution in [3.05, 3.63) is 95.3 Å². The van der Waals surface area contributed by atoms with Gasteiger partial charge in [-0.25, -0.2) is 0 Å². The lowest BCUT2D eigenvalue weighted by atomic mass is 9.95. The number of aliphatic hydroxyl groups excluding tert-OH is 1. The predicted octanol–water partition coefficient (Wildman–Crippen LogP) is 3.42. The van der Waals surface area contributed by atoms with Gasteiger partial charge in [-0.2, -0.15) is 0 Å². The molecule has 7 heteroatoms. The first-order valence-electron chi connectivity index (χ1n) is 9.60. The number of aliphatic hydroxyl groups is 1. The molecule has 156 valence electrons. The van der Waals surface area contributed by atoms with Crippen LogP contribution in [0.1, 0.15) is 22.7 Å². The molecule has 4 rings (SSSR count). The number of rotatable bonds is 5. The molecule has 0 aliphatic carbocycles. The fourth-order valence-electron chi connectivity index (χ4n) is 3.64. The second kappa shape index (κ2) is 8.31. The van der Waals surface area contributed by atoms with Crippen LogP contribution in [0.3, 0.4) is 0 Å². The number of carbonyl (C=O) groups is 2. The minimum absolute atomic E-state index is 0.00471. The van der Waals surface area contributed by atoms with Gasteiger partial charge in [0.25, 0.3) is 11.7 Å². The number of methoxy groups -OCH3 is 1. The Morgan fingerprint density at radius 3 is 2.26 bits per heavy atom. The third-order valence-electron chi connectivity index (χ3n) is 5.21. The lowest BCUT2D eigenvalue weighted by molar-refractivity contribution is -0.140. The number of pyridine rings is 1. The number of nitrogens with zero attached hydrogens (tertiary/aromatic N) is 2. The van der Waals surface area contributed by atoms with E-state index in [0.29, 0.717) is 16.9 Å². The van der Waals surface area contributed by atoms with Crippen LogP contribution in [0.4, 0.5) is 0 Å². The van der Waals surface area contributed by atoms with Gasteiger partial charge in [-0.05, 0) is 59.7 Å². The van der Waals surface area contributed by atoms with Gasteiger partial charge in [0.05, 0.1) is 18.7 Å². The lowest BCUT2D eigenvalue weighted by Gasteiger charge is -2.25. The Hall–Kier alpha value is -4.13. The Morgan fingerprint density at radius 1 is 1.00 bits per heavy atom. The molecular weight excluding hydrogens is 396 g/mol. The smallest absolute Gasteiger partial charge is 0.295 e. The number of Topliss-reactive ketones (excluding diaryl/α,β-unsaturated/α-hetero) is 1. The van der Waals surface area contributed by atoms with E-state index in [1.807, 2.05) is 0 Å². The number of ketones is 1. The second-order valence-electron chi connectivity index (χ2n) is 7.10. The van der Waals surface area contributed by atoms with Crippen molar-refractivity contribution in [2.45, 2.75) is 12.6 Å². The monoisotopic (exact) mass is 416 g/mol. The van der Waals surface area contributed by atoms with E-state index >= 15 is 0 Å². The van der Waals surface area contributed by atoms with Gasteiger partial charge < -0.3 is 19.8 Å². The summed E-state index contributed by atoms with van der Waals surface area (Å²) in [7, 11) is 1.53. The molecule has 1 amide bonds. The van der Waals surface area contributed by atoms with Gasteiger partial charge in [0.2, 0.25) is 0 Å². The number of likely N-dealkylation sites (tertiary alicyclic amines) is 1. The van der Waals surface area contributed by atoms with Gasteiger partial charge in [-0.3, -0.25) is 14.6 Å². The van der Waals surface area contributed by atoms with Crippen LogP contribution in [-0.4, -0.2) is 38.9 Å². The number of phenols is 1. The third-order valence-corrected chi connectivity index (χ3v) is 5.21. The van der Waals surface area contributed by atoms with Crippen LogP contribution >= 0.6 is 0 Å². The molecule has 1 atom stereocenters. The standard InChI is InChI=1S/C24H20N2O5/c1-31-19-8-4-17(5-9-19)22(28)20-21(16-2-6-18(27)7-3-16)26(24(30)23(20)29)14-15-10-12-25-13-11-15/h2-13,21,27-28H,14H2,1H3/b22-20+. The first-order valence-corrected chi connectivity index (χ1v) is 9.60. The number of carbonyl (C=O) groups excluding carboxylic acids is 2. The zero-order valence-electron chi connectivity index (χ0n) is 16.7. The number of amides is 1. The zero-order chi connectivity index (χ0) is 22.0. The van der Waals surface area contributed by atoms with Crippen molar-refractivity contribution in [1.82, 2.24) is 9.88 Å². The van der Waals surface area contributed by atoms with Gasteiger partial charge in [-0.15, -0.1) is 0 Å². The van der Waals surface area contributed by atoms with E-state index in [9.17, 15) is 19.8 Å². The second-order valence-corrected chi connectivity index (χ2v) is 7.10.